The molecule has 1 heterocycles. The van der Waals surface area contributed by atoms with Crippen molar-refractivity contribution in [3.63, 3.8) is 0 Å². The van der Waals surface area contributed by atoms with Crippen molar-refractivity contribution in [2.24, 2.45) is 0 Å². The van der Waals surface area contributed by atoms with E-state index in [0.29, 0.717) is 11.1 Å². The maximum Gasteiger partial charge on any atom is 0.342 e. The number of hydrogen-bond acceptors (Lipinski definition) is 5. The van der Waals surface area contributed by atoms with Crippen LogP contribution < -0.4 is 5.38 Å². The maximum atomic E-state index is 11.9. The van der Waals surface area contributed by atoms with E-state index in [1.807, 2.05) is 19.6 Å². The monoisotopic (exact) mass is 270 g/mol. The summed E-state index contributed by atoms with van der Waals surface area (Å²) in [6, 6.07) is 0. The van der Waals surface area contributed by atoms with Crippen LogP contribution in [0.25, 0.3) is 0 Å². The fraction of sp³-hybridized carbons (Fsp3) is 0.500. The lowest BCUT2D eigenvalue weighted by atomic mass is 10.1. The van der Waals surface area contributed by atoms with Crippen molar-refractivity contribution in [2.75, 3.05) is 14.2 Å². The number of esters is 2. The van der Waals surface area contributed by atoms with Crippen molar-refractivity contribution in [2.45, 2.75) is 26.6 Å². The number of carbonyl (C=O) groups is 2. The molecule has 0 saturated carbocycles. The molecule has 0 radical (unpaired) electrons. The third-order valence-corrected chi connectivity index (χ3v) is 4.26. The van der Waals surface area contributed by atoms with E-state index < -0.39 is 20.0 Å². The lowest BCUT2D eigenvalue weighted by Gasteiger charge is -2.14. The number of ether oxygens (including phenoxy) is 2. The number of aryl methyl sites for hydroxylation is 1. The normalized spacial score (nSPS) is 11.2. The van der Waals surface area contributed by atoms with Gasteiger partial charge in [-0.2, -0.15) is 0 Å². The van der Waals surface area contributed by atoms with Gasteiger partial charge in [-0.3, -0.25) is 0 Å². The predicted octanol–water partition coefficient (Wildman–Crippen LogP) is 1.71. The summed E-state index contributed by atoms with van der Waals surface area (Å²) in [6.07, 6.45) is 0. The fourth-order valence-corrected chi connectivity index (χ4v) is 3.15. The summed E-state index contributed by atoms with van der Waals surface area (Å²) in [5.41, 5.74) is 0.378. The van der Waals surface area contributed by atoms with E-state index in [9.17, 15) is 9.59 Å². The molecule has 0 aromatic carbocycles. The molecular formula is C12H18O5Si. The Hall–Kier alpha value is -1.56. The standard InChI is InChI=1S/C12H18O5Si/c1-7-8(10(13)15-2)9(11(14)16-3)12(17-7)18(4,5)6/h1-6H3. The van der Waals surface area contributed by atoms with Gasteiger partial charge >= 0.3 is 11.9 Å². The smallest absolute Gasteiger partial charge is 0.342 e. The van der Waals surface area contributed by atoms with E-state index in [1.165, 1.54) is 14.2 Å². The summed E-state index contributed by atoms with van der Waals surface area (Å²) in [7, 11) is 0.644. The molecule has 0 aliphatic heterocycles. The lowest BCUT2D eigenvalue weighted by Crippen LogP contribution is -2.40. The molecule has 0 saturated heterocycles. The number of rotatable bonds is 3. The van der Waals surface area contributed by atoms with Crippen LogP contribution in [-0.2, 0) is 9.47 Å². The highest BCUT2D eigenvalue weighted by Gasteiger charge is 2.35. The predicted molar refractivity (Wildman–Crippen MR) is 69.1 cm³/mol. The molecular weight excluding hydrogens is 252 g/mol. The van der Waals surface area contributed by atoms with Crippen LogP contribution in [0, 0.1) is 6.92 Å². The maximum absolute atomic E-state index is 11.9. The van der Waals surface area contributed by atoms with E-state index in [1.54, 1.807) is 6.92 Å². The number of methoxy groups -OCH3 is 2. The van der Waals surface area contributed by atoms with E-state index in [-0.39, 0.29) is 11.1 Å². The Balaban J connectivity index is 3.57. The van der Waals surface area contributed by atoms with Crippen molar-refractivity contribution in [3.8, 4) is 0 Å². The molecule has 0 bridgehead atoms. The zero-order valence-electron chi connectivity index (χ0n) is 11.5. The van der Waals surface area contributed by atoms with Crippen molar-refractivity contribution in [3.05, 3.63) is 16.9 Å². The zero-order valence-corrected chi connectivity index (χ0v) is 12.5. The topological polar surface area (TPSA) is 65.7 Å². The van der Waals surface area contributed by atoms with Crippen LogP contribution in [0.15, 0.2) is 4.42 Å². The third-order valence-electron chi connectivity index (χ3n) is 2.54. The summed E-state index contributed by atoms with van der Waals surface area (Å²) in [4.78, 5) is 23.6. The van der Waals surface area contributed by atoms with E-state index in [2.05, 4.69) is 4.74 Å². The summed E-state index contributed by atoms with van der Waals surface area (Å²) in [6.45, 7) is 7.72. The summed E-state index contributed by atoms with van der Waals surface area (Å²) < 4.78 is 15.0. The van der Waals surface area contributed by atoms with Gasteiger partial charge < -0.3 is 13.9 Å². The molecule has 0 unspecified atom stereocenters. The van der Waals surface area contributed by atoms with Gasteiger partial charge in [0.2, 0.25) is 0 Å². The van der Waals surface area contributed by atoms with E-state index >= 15 is 0 Å². The van der Waals surface area contributed by atoms with Crippen molar-refractivity contribution in [1.82, 2.24) is 0 Å². The second-order valence-corrected chi connectivity index (χ2v) is 9.92. The fourth-order valence-electron chi connectivity index (χ4n) is 1.72. The summed E-state index contributed by atoms with van der Waals surface area (Å²) in [5.74, 6) is -0.759. The minimum Gasteiger partial charge on any atom is -0.470 e. The molecule has 18 heavy (non-hydrogen) atoms. The molecule has 1 aromatic heterocycles. The molecule has 0 atom stereocenters. The molecule has 0 spiro atoms. The van der Waals surface area contributed by atoms with Gasteiger partial charge in [0.05, 0.1) is 19.6 Å². The number of hydrogen-bond donors (Lipinski definition) is 0. The Kier molecular flexibility index (Phi) is 4.01. The first-order valence-corrected chi connectivity index (χ1v) is 9.04. The van der Waals surface area contributed by atoms with Gasteiger partial charge in [-0.15, -0.1) is 0 Å². The Morgan fingerprint density at radius 1 is 1.00 bits per heavy atom. The van der Waals surface area contributed by atoms with Crippen LogP contribution in [-0.4, -0.2) is 34.2 Å². The zero-order chi connectivity index (χ0) is 14.1. The highest BCUT2D eigenvalue weighted by atomic mass is 28.3. The van der Waals surface area contributed by atoms with Crippen LogP contribution in [0.5, 0.6) is 0 Å². The minimum absolute atomic E-state index is 0.168. The molecule has 100 valence electrons. The molecule has 0 amide bonds. The lowest BCUT2D eigenvalue weighted by molar-refractivity contribution is 0.0557. The van der Waals surface area contributed by atoms with E-state index in [0.717, 1.165) is 0 Å². The van der Waals surface area contributed by atoms with Crippen LogP contribution >= 0.6 is 0 Å². The third kappa shape index (κ3) is 2.48. The van der Waals surface area contributed by atoms with Gasteiger partial charge in [0.15, 0.2) is 0 Å². The summed E-state index contributed by atoms with van der Waals surface area (Å²) in [5, 5.41) is 0.562. The molecule has 5 nitrogen and oxygen atoms in total. The van der Waals surface area contributed by atoms with Crippen LogP contribution in [0.1, 0.15) is 26.5 Å². The van der Waals surface area contributed by atoms with Gasteiger partial charge in [0.1, 0.15) is 25.0 Å². The van der Waals surface area contributed by atoms with Crippen LogP contribution in [0.3, 0.4) is 0 Å². The average Bonchev–Trinajstić information content (AvgIpc) is 2.64. The first kappa shape index (κ1) is 14.5. The first-order chi connectivity index (χ1) is 8.23. The number of carbonyl (C=O) groups excluding carboxylic acids is 2. The molecule has 1 rings (SSSR count). The second-order valence-electron chi connectivity index (χ2n) is 4.97. The van der Waals surface area contributed by atoms with Crippen LogP contribution in [0.4, 0.5) is 0 Å². The van der Waals surface area contributed by atoms with Gasteiger partial charge in [0.25, 0.3) is 0 Å². The molecule has 1 aromatic rings. The highest BCUT2D eigenvalue weighted by Crippen LogP contribution is 2.20. The van der Waals surface area contributed by atoms with E-state index in [4.69, 9.17) is 9.15 Å². The Labute approximate surface area is 107 Å². The molecule has 0 aliphatic rings. The Morgan fingerprint density at radius 3 is 1.83 bits per heavy atom. The molecule has 0 fully saturated rings. The highest BCUT2D eigenvalue weighted by molar-refractivity contribution is 6.88. The quantitative estimate of drug-likeness (QED) is 0.618. The molecule has 0 aliphatic carbocycles. The molecule has 6 heteroatoms. The summed E-state index contributed by atoms with van der Waals surface area (Å²) >= 11 is 0. The van der Waals surface area contributed by atoms with Crippen molar-refractivity contribution in [1.29, 1.82) is 0 Å². The minimum atomic E-state index is -1.90. The second kappa shape index (κ2) is 4.97. The Morgan fingerprint density at radius 2 is 1.44 bits per heavy atom. The van der Waals surface area contributed by atoms with Gasteiger partial charge in [-0.25, -0.2) is 9.59 Å². The van der Waals surface area contributed by atoms with Crippen molar-refractivity contribution < 1.29 is 23.5 Å². The van der Waals surface area contributed by atoms with Crippen LogP contribution in [0.2, 0.25) is 19.6 Å². The van der Waals surface area contributed by atoms with Crippen molar-refractivity contribution >= 4 is 25.4 Å². The SMILES string of the molecule is COC(=O)c1c(C)oc([Si](C)(C)C)c1C(=O)OC. The number of furan rings is 1. The first-order valence-electron chi connectivity index (χ1n) is 5.54. The van der Waals surface area contributed by atoms with Gasteiger partial charge in [-0.1, -0.05) is 19.6 Å². The Bertz CT molecular complexity index is 481. The van der Waals surface area contributed by atoms with Gasteiger partial charge in [-0.05, 0) is 6.92 Å². The average molecular weight is 270 g/mol. The van der Waals surface area contributed by atoms with Gasteiger partial charge in [0, 0.05) is 0 Å². The molecule has 0 N–H and O–H groups in total. The largest absolute Gasteiger partial charge is 0.470 e.